The number of unbranched alkanes of at least 4 members (excludes halogenated alkanes) is 2. The van der Waals surface area contributed by atoms with Crippen LogP contribution in [-0.2, 0) is 6.54 Å². The summed E-state index contributed by atoms with van der Waals surface area (Å²) in [5, 5.41) is 6.27. The molecule has 1 aromatic carbocycles. The van der Waals surface area contributed by atoms with E-state index in [0.717, 1.165) is 50.4 Å². The van der Waals surface area contributed by atoms with Crippen molar-refractivity contribution in [2.24, 2.45) is 4.99 Å². The zero-order valence-electron chi connectivity index (χ0n) is 16.3. The van der Waals surface area contributed by atoms with Crippen LogP contribution >= 0.6 is 0 Å². The van der Waals surface area contributed by atoms with Gasteiger partial charge >= 0.3 is 0 Å². The van der Waals surface area contributed by atoms with Gasteiger partial charge in [-0.25, -0.2) is 4.99 Å². The molecule has 0 spiro atoms. The van der Waals surface area contributed by atoms with Gasteiger partial charge in [-0.2, -0.15) is 0 Å². The van der Waals surface area contributed by atoms with Crippen molar-refractivity contribution in [3.63, 3.8) is 0 Å². The fourth-order valence-corrected chi connectivity index (χ4v) is 2.38. The first-order valence-electron chi connectivity index (χ1n) is 9.48. The first kappa shape index (κ1) is 21.0. The minimum Gasteiger partial charge on any atom is -0.357 e. The molecule has 25 heavy (non-hydrogen) atoms. The van der Waals surface area contributed by atoms with Gasteiger partial charge in [0.1, 0.15) is 0 Å². The first-order chi connectivity index (χ1) is 12.1. The topological polar surface area (TPSA) is 56.7 Å². The lowest BCUT2D eigenvalue weighted by Gasteiger charge is -2.21. The fraction of sp³-hybridized carbons (Fsp3) is 0.600. The number of guanidine groups is 1. The summed E-state index contributed by atoms with van der Waals surface area (Å²) in [5.41, 5.74) is 1.81. The molecule has 0 aliphatic heterocycles. The number of nitrogens with zero attached hydrogens (tertiary/aromatic N) is 2. The van der Waals surface area contributed by atoms with Crippen molar-refractivity contribution in [1.82, 2.24) is 15.5 Å². The van der Waals surface area contributed by atoms with E-state index in [1.165, 1.54) is 6.42 Å². The van der Waals surface area contributed by atoms with E-state index in [2.05, 4.69) is 43.4 Å². The standard InChI is InChI=1S/C20H34N4O/c1-5-8-14-22-19(25)18-12-10-17(11-13-18)16-23-20(21-7-3)24(4)15-9-6-2/h10-13H,5-9,14-16H2,1-4H3,(H,21,23)(H,22,25). The molecule has 0 aliphatic rings. The molecule has 140 valence electrons. The highest BCUT2D eigenvalue weighted by molar-refractivity contribution is 5.94. The van der Waals surface area contributed by atoms with Crippen LogP contribution in [-0.4, -0.2) is 43.4 Å². The molecule has 5 heteroatoms. The van der Waals surface area contributed by atoms with Crippen molar-refractivity contribution in [2.75, 3.05) is 26.7 Å². The molecule has 0 atom stereocenters. The van der Waals surface area contributed by atoms with E-state index in [1.54, 1.807) is 0 Å². The Morgan fingerprint density at radius 2 is 1.72 bits per heavy atom. The van der Waals surface area contributed by atoms with Crippen LogP contribution < -0.4 is 10.6 Å². The van der Waals surface area contributed by atoms with Gasteiger partial charge in [0.25, 0.3) is 5.91 Å². The summed E-state index contributed by atoms with van der Waals surface area (Å²) in [6.07, 6.45) is 4.42. The number of benzene rings is 1. The number of hydrogen-bond donors (Lipinski definition) is 2. The van der Waals surface area contributed by atoms with Crippen LogP contribution in [0.5, 0.6) is 0 Å². The van der Waals surface area contributed by atoms with Crippen LogP contribution in [0.1, 0.15) is 62.4 Å². The third kappa shape index (κ3) is 8.05. The zero-order valence-corrected chi connectivity index (χ0v) is 16.3. The second-order valence-corrected chi connectivity index (χ2v) is 6.25. The lowest BCUT2D eigenvalue weighted by Crippen LogP contribution is -2.39. The van der Waals surface area contributed by atoms with E-state index in [1.807, 2.05) is 24.3 Å². The van der Waals surface area contributed by atoms with Crippen molar-refractivity contribution in [3.05, 3.63) is 35.4 Å². The summed E-state index contributed by atoms with van der Waals surface area (Å²) in [6, 6.07) is 7.71. The molecule has 1 amide bonds. The third-order valence-electron chi connectivity index (χ3n) is 3.99. The molecule has 1 rings (SSSR count). The summed E-state index contributed by atoms with van der Waals surface area (Å²) in [6.45, 7) is 9.58. The average Bonchev–Trinajstić information content (AvgIpc) is 2.63. The number of hydrogen-bond acceptors (Lipinski definition) is 2. The monoisotopic (exact) mass is 346 g/mol. The van der Waals surface area contributed by atoms with Crippen molar-refractivity contribution in [3.8, 4) is 0 Å². The highest BCUT2D eigenvalue weighted by Gasteiger charge is 2.06. The molecular weight excluding hydrogens is 312 g/mol. The maximum atomic E-state index is 12.0. The Morgan fingerprint density at radius 1 is 1.04 bits per heavy atom. The van der Waals surface area contributed by atoms with Crippen LogP contribution in [0.2, 0.25) is 0 Å². The molecule has 0 aromatic heterocycles. The van der Waals surface area contributed by atoms with Gasteiger partial charge in [-0.05, 0) is 37.5 Å². The van der Waals surface area contributed by atoms with Crippen LogP contribution in [0.15, 0.2) is 29.3 Å². The Hall–Kier alpha value is -2.04. The highest BCUT2D eigenvalue weighted by atomic mass is 16.1. The van der Waals surface area contributed by atoms with Crippen molar-refractivity contribution < 1.29 is 4.79 Å². The van der Waals surface area contributed by atoms with Gasteiger partial charge in [-0.1, -0.05) is 38.8 Å². The molecule has 0 saturated carbocycles. The van der Waals surface area contributed by atoms with Crippen molar-refractivity contribution >= 4 is 11.9 Å². The van der Waals surface area contributed by atoms with E-state index < -0.39 is 0 Å². The van der Waals surface area contributed by atoms with Crippen LogP contribution in [0.4, 0.5) is 0 Å². The molecule has 0 saturated heterocycles. The van der Waals surface area contributed by atoms with Crippen LogP contribution in [0.3, 0.4) is 0 Å². The van der Waals surface area contributed by atoms with Crippen molar-refractivity contribution in [1.29, 1.82) is 0 Å². The second-order valence-electron chi connectivity index (χ2n) is 6.25. The summed E-state index contributed by atoms with van der Waals surface area (Å²) >= 11 is 0. The molecule has 5 nitrogen and oxygen atoms in total. The molecule has 1 aromatic rings. The van der Waals surface area contributed by atoms with Gasteiger partial charge in [-0.3, -0.25) is 4.79 Å². The number of carbonyl (C=O) groups excluding carboxylic acids is 1. The smallest absolute Gasteiger partial charge is 0.251 e. The van der Waals surface area contributed by atoms with Crippen LogP contribution in [0.25, 0.3) is 0 Å². The minimum atomic E-state index is -0.00358. The second kappa shape index (κ2) is 12.3. The van der Waals surface area contributed by atoms with Gasteiger partial charge in [-0.15, -0.1) is 0 Å². The van der Waals surface area contributed by atoms with E-state index in [4.69, 9.17) is 4.99 Å². The maximum absolute atomic E-state index is 12.0. The number of amides is 1. The SMILES string of the molecule is CCCCNC(=O)c1ccc(CN=C(NCC)N(C)CCCC)cc1. The Morgan fingerprint density at radius 3 is 2.32 bits per heavy atom. The van der Waals surface area contributed by atoms with Crippen molar-refractivity contribution in [2.45, 2.75) is 53.0 Å². The Bertz CT molecular complexity index is 525. The zero-order chi connectivity index (χ0) is 18.5. The first-order valence-corrected chi connectivity index (χ1v) is 9.48. The van der Waals surface area contributed by atoms with E-state index in [-0.39, 0.29) is 5.91 Å². The molecule has 0 unspecified atom stereocenters. The highest BCUT2D eigenvalue weighted by Crippen LogP contribution is 2.06. The lowest BCUT2D eigenvalue weighted by molar-refractivity contribution is 0.0953. The number of rotatable bonds is 10. The summed E-state index contributed by atoms with van der Waals surface area (Å²) in [4.78, 5) is 18.9. The molecule has 0 heterocycles. The van der Waals surface area contributed by atoms with Gasteiger partial charge in [0.15, 0.2) is 5.96 Å². The normalized spacial score (nSPS) is 11.3. The Balaban J connectivity index is 2.63. The van der Waals surface area contributed by atoms with Gasteiger partial charge in [0.05, 0.1) is 6.54 Å². The van der Waals surface area contributed by atoms with Gasteiger partial charge in [0, 0.05) is 32.2 Å². The molecule has 0 aliphatic carbocycles. The van der Waals surface area contributed by atoms with Crippen LogP contribution in [0, 0.1) is 0 Å². The lowest BCUT2D eigenvalue weighted by atomic mass is 10.1. The predicted molar refractivity (Wildman–Crippen MR) is 106 cm³/mol. The average molecular weight is 347 g/mol. The van der Waals surface area contributed by atoms with E-state index in [0.29, 0.717) is 12.1 Å². The summed E-state index contributed by atoms with van der Waals surface area (Å²) < 4.78 is 0. The third-order valence-corrected chi connectivity index (χ3v) is 3.99. The molecule has 2 N–H and O–H groups in total. The molecular formula is C20H34N4O. The minimum absolute atomic E-state index is 0.00358. The van der Waals surface area contributed by atoms with Gasteiger partial charge in [0.2, 0.25) is 0 Å². The predicted octanol–water partition coefficient (Wildman–Crippen LogP) is 3.41. The largest absolute Gasteiger partial charge is 0.357 e. The number of aliphatic imine (C=N–C) groups is 1. The summed E-state index contributed by atoms with van der Waals surface area (Å²) in [5.74, 6) is 0.925. The molecule has 0 radical (unpaired) electrons. The van der Waals surface area contributed by atoms with E-state index in [9.17, 15) is 4.79 Å². The maximum Gasteiger partial charge on any atom is 0.251 e. The van der Waals surface area contributed by atoms with Gasteiger partial charge < -0.3 is 15.5 Å². The van der Waals surface area contributed by atoms with E-state index >= 15 is 0 Å². The Labute approximate surface area is 152 Å². The number of carbonyl (C=O) groups is 1. The molecule has 0 fully saturated rings. The Kier molecular flexibility index (Phi) is 10.4. The number of nitrogens with one attached hydrogen (secondary N) is 2. The fourth-order valence-electron chi connectivity index (χ4n) is 2.38. The summed E-state index contributed by atoms with van der Waals surface area (Å²) in [7, 11) is 2.07. The quantitative estimate of drug-likeness (QED) is 0.388. The molecule has 0 bridgehead atoms.